The van der Waals surface area contributed by atoms with Gasteiger partial charge in [-0.25, -0.2) is 0 Å². The highest BCUT2D eigenvalue weighted by Gasteiger charge is 2.21. The van der Waals surface area contributed by atoms with Gasteiger partial charge in [-0.1, -0.05) is 13.0 Å². The summed E-state index contributed by atoms with van der Waals surface area (Å²) < 4.78 is 0. The summed E-state index contributed by atoms with van der Waals surface area (Å²) in [5.41, 5.74) is 3.18. The van der Waals surface area contributed by atoms with Gasteiger partial charge in [0.1, 0.15) is 0 Å². The summed E-state index contributed by atoms with van der Waals surface area (Å²) in [5, 5.41) is 4.28. The van der Waals surface area contributed by atoms with Crippen LogP contribution in [0.2, 0.25) is 0 Å². The molecular formula is C15H21NS. The third-order valence-corrected chi connectivity index (χ3v) is 4.77. The van der Waals surface area contributed by atoms with Gasteiger partial charge in [-0.15, -0.1) is 11.8 Å². The van der Waals surface area contributed by atoms with Crippen LogP contribution in [0.1, 0.15) is 37.3 Å². The molecule has 2 aliphatic carbocycles. The molecule has 1 saturated carbocycles. The average Bonchev–Trinajstić information content (AvgIpc) is 3.04. The third kappa shape index (κ3) is 3.05. The van der Waals surface area contributed by atoms with Crippen LogP contribution in [0.25, 0.3) is 0 Å². The number of rotatable bonds is 5. The van der Waals surface area contributed by atoms with Crippen LogP contribution >= 0.6 is 11.8 Å². The minimum atomic E-state index is 0.676. The standard InChI is InChI=1S/C15H21NS/c1-11(10-16-14-6-7-14)17-15-8-5-12-3-2-4-13(12)9-15/h5,8-9,11,14,16H,2-4,6-7,10H2,1H3. The number of benzene rings is 1. The number of hydrogen-bond acceptors (Lipinski definition) is 2. The molecule has 1 nitrogen and oxygen atoms in total. The molecule has 1 aromatic carbocycles. The molecule has 2 heteroatoms. The Labute approximate surface area is 108 Å². The largest absolute Gasteiger partial charge is 0.313 e. The van der Waals surface area contributed by atoms with E-state index in [2.05, 4.69) is 30.4 Å². The van der Waals surface area contributed by atoms with Crippen LogP contribution < -0.4 is 5.32 Å². The maximum absolute atomic E-state index is 3.61. The second-order valence-corrected chi connectivity index (χ2v) is 6.91. The van der Waals surface area contributed by atoms with Crippen molar-refractivity contribution in [2.45, 2.75) is 55.2 Å². The van der Waals surface area contributed by atoms with Crippen LogP contribution in [0.3, 0.4) is 0 Å². The molecule has 0 aromatic heterocycles. The maximum Gasteiger partial charge on any atom is 0.0191 e. The fraction of sp³-hybridized carbons (Fsp3) is 0.600. The topological polar surface area (TPSA) is 12.0 Å². The number of aryl methyl sites for hydroxylation is 2. The van der Waals surface area contributed by atoms with Crippen molar-refractivity contribution >= 4 is 11.8 Å². The van der Waals surface area contributed by atoms with E-state index in [4.69, 9.17) is 0 Å². The van der Waals surface area contributed by atoms with Gasteiger partial charge >= 0.3 is 0 Å². The predicted octanol–water partition coefficient (Wildman–Crippen LogP) is 3.41. The van der Waals surface area contributed by atoms with Crippen LogP contribution in [0.5, 0.6) is 0 Å². The first kappa shape index (κ1) is 11.6. The number of hydrogen-bond donors (Lipinski definition) is 1. The van der Waals surface area contributed by atoms with Crippen LogP contribution in [0, 0.1) is 0 Å². The SMILES string of the molecule is CC(CNC1CC1)Sc1ccc2c(c1)CCC2. The molecule has 0 spiro atoms. The smallest absolute Gasteiger partial charge is 0.0191 e. The quantitative estimate of drug-likeness (QED) is 0.800. The zero-order valence-electron chi connectivity index (χ0n) is 10.5. The number of nitrogens with one attached hydrogen (secondary N) is 1. The molecule has 17 heavy (non-hydrogen) atoms. The van der Waals surface area contributed by atoms with Crippen molar-refractivity contribution < 1.29 is 0 Å². The average molecular weight is 247 g/mol. The first-order valence-corrected chi connectivity index (χ1v) is 7.71. The van der Waals surface area contributed by atoms with Gasteiger partial charge in [-0.3, -0.25) is 0 Å². The van der Waals surface area contributed by atoms with Gasteiger partial charge in [0.05, 0.1) is 0 Å². The van der Waals surface area contributed by atoms with Crippen molar-refractivity contribution in [2.24, 2.45) is 0 Å². The zero-order chi connectivity index (χ0) is 11.7. The molecule has 0 radical (unpaired) electrons. The summed E-state index contributed by atoms with van der Waals surface area (Å²) in [6, 6.07) is 7.90. The highest BCUT2D eigenvalue weighted by molar-refractivity contribution is 8.00. The molecule has 3 rings (SSSR count). The molecule has 0 heterocycles. The lowest BCUT2D eigenvalue weighted by atomic mass is 10.1. The lowest BCUT2D eigenvalue weighted by Gasteiger charge is -2.12. The Morgan fingerprint density at radius 1 is 1.29 bits per heavy atom. The second kappa shape index (κ2) is 5.03. The van der Waals surface area contributed by atoms with E-state index in [0.29, 0.717) is 5.25 Å². The minimum absolute atomic E-state index is 0.676. The lowest BCUT2D eigenvalue weighted by molar-refractivity contribution is 0.679. The highest BCUT2D eigenvalue weighted by Crippen LogP contribution is 2.30. The molecular weight excluding hydrogens is 226 g/mol. The Morgan fingerprint density at radius 3 is 2.94 bits per heavy atom. The van der Waals surface area contributed by atoms with Crippen molar-refractivity contribution in [3.05, 3.63) is 29.3 Å². The highest BCUT2D eigenvalue weighted by atomic mass is 32.2. The maximum atomic E-state index is 3.61. The first-order chi connectivity index (χ1) is 8.31. The Kier molecular flexibility index (Phi) is 3.44. The summed E-state index contributed by atoms with van der Waals surface area (Å²) in [5.74, 6) is 0. The summed E-state index contributed by atoms with van der Waals surface area (Å²) in [6.45, 7) is 3.47. The molecule has 1 aromatic rings. The van der Waals surface area contributed by atoms with Gasteiger partial charge in [0, 0.05) is 22.7 Å². The van der Waals surface area contributed by atoms with Crippen molar-refractivity contribution in [3.8, 4) is 0 Å². The van der Waals surface area contributed by atoms with Gasteiger partial charge in [-0.05, 0) is 55.4 Å². The first-order valence-electron chi connectivity index (χ1n) is 6.83. The molecule has 0 amide bonds. The van der Waals surface area contributed by atoms with Gasteiger partial charge in [0.2, 0.25) is 0 Å². The Morgan fingerprint density at radius 2 is 2.12 bits per heavy atom. The fourth-order valence-corrected chi connectivity index (χ4v) is 3.52. The molecule has 0 aliphatic heterocycles. The van der Waals surface area contributed by atoms with Gasteiger partial charge < -0.3 is 5.32 Å². The van der Waals surface area contributed by atoms with Crippen molar-refractivity contribution in [3.63, 3.8) is 0 Å². The van der Waals surface area contributed by atoms with Crippen LogP contribution in [0.4, 0.5) is 0 Å². The van der Waals surface area contributed by atoms with Crippen molar-refractivity contribution in [2.75, 3.05) is 6.54 Å². The van der Waals surface area contributed by atoms with Crippen LogP contribution in [-0.2, 0) is 12.8 Å². The van der Waals surface area contributed by atoms with Crippen LogP contribution in [-0.4, -0.2) is 17.8 Å². The van der Waals surface area contributed by atoms with Gasteiger partial charge in [0.25, 0.3) is 0 Å². The summed E-state index contributed by atoms with van der Waals surface area (Å²) in [6.07, 6.45) is 6.70. The number of fused-ring (bicyclic) bond motifs is 1. The third-order valence-electron chi connectivity index (χ3n) is 3.68. The van der Waals surface area contributed by atoms with E-state index in [1.165, 1.54) is 37.0 Å². The van der Waals surface area contributed by atoms with Crippen LogP contribution in [0.15, 0.2) is 23.1 Å². The molecule has 1 fully saturated rings. The van der Waals surface area contributed by atoms with E-state index in [9.17, 15) is 0 Å². The second-order valence-electron chi connectivity index (χ2n) is 5.40. The Bertz CT molecular complexity index is 398. The van der Waals surface area contributed by atoms with Crippen molar-refractivity contribution in [1.82, 2.24) is 5.32 Å². The minimum Gasteiger partial charge on any atom is -0.313 e. The summed E-state index contributed by atoms with van der Waals surface area (Å²) >= 11 is 2.02. The lowest BCUT2D eigenvalue weighted by Crippen LogP contribution is -2.24. The fourth-order valence-electron chi connectivity index (χ4n) is 2.52. The Balaban J connectivity index is 1.56. The molecule has 2 aliphatic rings. The molecule has 0 saturated heterocycles. The molecule has 0 bridgehead atoms. The van der Waals surface area contributed by atoms with E-state index < -0.39 is 0 Å². The number of thioether (sulfide) groups is 1. The summed E-state index contributed by atoms with van der Waals surface area (Å²) in [4.78, 5) is 1.45. The molecule has 1 unspecified atom stereocenters. The van der Waals surface area contributed by atoms with Gasteiger partial charge in [0.15, 0.2) is 0 Å². The predicted molar refractivity (Wildman–Crippen MR) is 74.8 cm³/mol. The molecule has 92 valence electrons. The van der Waals surface area contributed by atoms with Crippen molar-refractivity contribution in [1.29, 1.82) is 0 Å². The normalized spacial score (nSPS) is 20.3. The van der Waals surface area contributed by atoms with E-state index in [1.54, 1.807) is 11.1 Å². The van der Waals surface area contributed by atoms with Gasteiger partial charge in [-0.2, -0.15) is 0 Å². The van der Waals surface area contributed by atoms with E-state index >= 15 is 0 Å². The Hall–Kier alpha value is -0.470. The summed E-state index contributed by atoms with van der Waals surface area (Å²) in [7, 11) is 0. The van der Waals surface area contributed by atoms with E-state index in [0.717, 1.165) is 12.6 Å². The van der Waals surface area contributed by atoms with E-state index in [-0.39, 0.29) is 0 Å². The van der Waals surface area contributed by atoms with E-state index in [1.807, 2.05) is 11.8 Å². The monoisotopic (exact) mass is 247 g/mol. The molecule has 1 atom stereocenters. The molecule has 1 N–H and O–H groups in total. The zero-order valence-corrected chi connectivity index (χ0v) is 11.4.